The molecule has 1 atom stereocenters. The molecule has 1 aliphatic rings. The number of hydrogen-bond donors (Lipinski definition) is 1. The van der Waals surface area contributed by atoms with Crippen molar-refractivity contribution in [3.05, 3.63) is 119 Å². The maximum absolute atomic E-state index is 11.1. The van der Waals surface area contributed by atoms with Crippen LogP contribution in [0.4, 0.5) is 11.5 Å². The first-order valence-corrected chi connectivity index (χ1v) is 11.2. The Bertz CT molecular complexity index is 1360. The average Bonchev–Trinajstić information content (AvgIpc) is 3.24. The van der Waals surface area contributed by atoms with Gasteiger partial charge in [0.25, 0.3) is 0 Å². The molecule has 5 nitrogen and oxygen atoms in total. The molecule has 0 spiro atoms. The third kappa shape index (κ3) is 3.92. The summed E-state index contributed by atoms with van der Waals surface area (Å²) in [5.41, 5.74) is 4.87. The zero-order valence-corrected chi connectivity index (χ0v) is 18.9. The Morgan fingerprint density at radius 3 is 2.44 bits per heavy atom. The van der Waals surface area contributed by atoms with Gasteiger partial charge < -0.3 is 10.1 Å². The average molecular weight is 448 g/mol. The predicted octanol–water partition coefficient (Wildman–Crippen LogP) is 5.86. The number of carbonyl (C=O) groups excluding carboxylic acids is 1. The molecule has 4 aromatic rings. The SMILES string of the molecule is COc1cccc(C2(c3ccccc3)C=Cc3c(Nc4ccccc4)nn(C=CC=O)c3C2)c1. The molecule has 168 valence electrons. The van der Waals surface area contributed by atoms with Crippen LogP contribution in [0.2, 0.25) is 0 Å². The molecule has 1 aromatic heterocycles. The van der Waals surface area contributed by atoms with Crippen molar-refractivity contribution in [2.75, 3.05) is 12.4 Å². The Kier molecular flexibility index (Phi) is 5.83. The van der Waals surface area contributed by atoms with Crippen LogP contribution in [0.15, 0.2) is 97.1 Å². The number of aromatic nitrogens is 2. The van der Waals surface area contributed by atoms with E-state index in [1.165, 1.54) is 11.6 Å². The van der Waals surface area contributed by atoms with Crippen LogP contribution in [0.1, 0.15) is 22.4 Å². The van der Waals surface area contributed by atoms with Gasteiger partial charge in [0, 0.05) is 29.3 Å². The summed E-state index contributed by atoms with van der Waals surface area (Å²) in [4.78, 5) is 11.1. The van der Waals surface area contributed by atoms with E-state index in [1.54, 1.807) is 18.0 Å². The number of nitrogens with zero attached hydrogens (tertiary/aromatic N) is 2. The van der Waals surface area contributed by atoms with Crippen molar-refractivity contribution >= 4 is 30.1 Å². The van der Waals surface area contributed by atoms with Gasteiger partial charge in [-0.1, -0.05) is 72.8 Å². The van der Waals surface area contributed by atoms with Crippen molar-refractivity contribution in [3.63, 3.8) is 0 Å². The summed E-state index contributed by atoms with van der Waals surface area (Å²) in [5.74, 6) is 1.56. The van der Waals surface area contributed by atoms with Crippen LogP contribution >= 0.6 is 0 Å². The molecule has 3 aromatic carbocycles. The third-order valence-corrected chi connectivity index (χ3v) is 6.25. The highest BCUT2D eigenvalue weighted by molar-refractivity contribution is 5.76. The Hall–Kier alpha value is -4.38. The molecule has 0 aliphatic heterocycles. The lowest BCUT2D eigenvalue weighted by Gasteiger charge is -2.35. The van der Waals surface area contributed by atoms with E-state index in [1.807, 2.05) is 48.5 Å². The summed E-state index contributed by atoms with van der Waals surface area (Å²) < 4.78 is 7.34. The summed E-state index contributed by atoms with van der Waals surface area (Å²) in [6.07, 6.45) is 9.00. The minimum absolute atomic E-state index is 0.417. The van der Waals surface area contributed by atoms with E-state index in [2.05, 4.69) is 53.9 Å². The molecule has 34 heavy (non-hydrogen) atoms. The number of allylic oxidation sites excluding steroid dienone is 2. The quantitative estimate of drug-likeness (QED) is 0.285. The van der Waals surface area contributed by atoms with E-state index < -0.39 is 5.41 Å². The smallest absolute Gasteiger partial charge is 0.160 e. The fraction of sp³-hybridized carbons (Fsp3) is 0.103. The summed E-state index contributed by atoms with van der Waals surface area (Å²) >= 11 is 0. The van der Waals surface area contributed by atoms with Crippen LogP contribution in [-0.4, -0.2) is 23.2 Å². The Labute approximate surface area is 199 Å². The molecule has 0 saturated carbocycles. The lowest BCUT2D eigenvalue weighted by atomic mass is 9.68. The number of rotatable bonds is 7. The first-order chi connectivity index (χ1) is 16.7. The van der Waals surface area contributed by atoms with Gasteiger partial charge in [0.15, 0.2) is 5.82 Å². The van der Waals surface area contributed by atoms with Crippen LogP contribution in [-0.2, 0) is 16.6 Å². The highest BCUT2D eigenvalue weighted by Crippen LogP contribution is 2.44. The molecule has 0 amide bonds. The first-order valence-electron chi connectivity index (χ1n) is 11.2. The second-order valence-corrected chi connectivity index (χ2v) is 8.20. The van der Waals surface area contributed by atoms with Crippen LogP contribution in [0, 0.1) is 0 Å². The number of carbonyl (C=O) groups is 1. The highest BCUT2D eigenvalue weighted by Gasteiger charge is 2.37. The lowest BCUT2D eigenvalue weighted by molar-refractivity contribution is -0.104. The topological polar surface area (TPSA) is 56.1 Å². The zero-order chi connectivity index (χ0) is 23.4. The lowest BCUT2D eigenvalue weighted by Crippen LogP contribution is -2.31. The summed E-state index contributed by atoms with van der Waals surface area (Å²) in [5, 5.41) is 8.22. The van der Waals surface area contributed by atoms with Gasteiger partial charge >= 0.3 is 0 Å². The molecule has 1 aliphatic carbocycles. The molecule has 0 fully saturated rings. The van der Waals surface area contributed by atoms with E-state index >= 15 is 0 Å². The Balaban J connectivity index is 1.67. The molecule has 1 unspecified atom stereocenters. The maximum atomic E-state index is 11.1. The fourth-order valence-electron chi connectivity index (χ4n) is 4.57. The van der Waals surface area contributed by atoms with Gasteiger partial charge in [-0.15, -0.1) is 5.10 Å². The largest absolute Gasteiger partial charge is 0.497 e. The number of nitrogens with one attached hydrogen (secondary N) is 1. The summed E-state index contributed by atoms with van der Waals surface area (Å²) in [6.45, 7) is 0. The van der Waals surface area contributed by atoms with E-state index in [0.717, 1.165) is 40.4 Å². The number of anilines is 2. The van der Waals surface area contributed by atoms with Crippen LogP contribution in [0.5, 0.6) is 5.75 Å². The van der Waals surface area contributed by atoms with Gasteiger partial charge in [-0.2, -0.15) is 0 Å². The van der Waals surface area contributed by atoms with Crippen molar-refractivity contribution in [1.29, 1.82) is 0 Å². The fourth-order valence-corrected chi connectivity index (χ4v) is 4.57. The van der Waals surface area contributed by atoms with Crippen molar-refractivity contribution < 1.29 is 9.53 Å². The summed E-state index contributed by atoms with van der Waals surface area (Å²) in [6, 6.07) is 28.6. The Morgan fingerprint density at radius 2 is 1.71 bits per heavy atom. The molecular weight excluding hydrogens is 422 g/mol. The number of methoxy groups -OCH3 is 1. The van der Waals surface area contributed by atoms with Crippen molar-refractivity contribution in [2.24, 2.45) is 0 Å². The first kappa shape index (κ1) is 21.5. The molecular formula is C29H25N3O2. The number of para-hydroxylation sites is 1. The molecule has 0 saturated heterocycles. The van der Waals surface area contributed by atoms with Crippen LogP contribution in [0.25, 0.3) is 12.3 Å². The van der Waals surface area contributed by atoms with Crippen molar-refractivity contribution in [1.82, 2.24) is 9.78 Å². The number of ether oxygens (including phenoxy) is 1. The third-order valence-electron chi connectivity index (χ3n) is 6.25. The summed E-state index contributed by atoms with van der Waals surface area (Å²) in [7, 11) is 1.68. The van der Waals surface area contributed by atoms with Crippen molar-refractivity contribution in [3.8, 4) is 5.75 Å². The van der Waals surface area contributed by atoms with E-state index in [9.17, 15) is 4.79 Å². The zero-order valence-electron chi connectivity index (χ0n) is 18.9. The molecule has 0 radical (unpaired) electrons. The van der Waals surface area contributed by atoms with Gasteiger partial charge in [-0.3, -0.25) is 4.79 Å². The van der Waals surface area contributed by atoms with Crippen molar-refractivity contribution in [2.45, 2.75) is 11.8 Å². The van der Waals surface area contributed by atoms with E-state index in [4.69, 9.17) is 9.84 Å². The molecule has 1 N–H and O–H groups in total. The number of benzene rings is 3. The number of fused-ring (bicyclic) bond motifs is 1. The van der Waals surface area contributed by atoms with Gasteiger partial charge in [0.05, 0.1) is 12.8 Å². The highest BCUT2D eigenvalue weighted by atomic mass is 16.5. The standard InChI is InChI=1S/C29H25N3O2/c1-34-25-15-8-12-23(20-25)29(22-10-4-2-5-11-22)17-16-26-27(21-29)32(18-9-19-33)31-28(26)30-24-13-6-3-7-14-24/h2-20H,21H2,1H3,(H,30,31). The normalized spacial score (nSPS) is 16.9. The number of aldehydes is 1. The predicted molar refractivity (Wildman–Crippen MR) is 136 cm³/mol. The van der Waals surface area contributed by atoms with Gasteiger partial charge in [0.1, 0.15) is 12.0 Å². The van der Waals surface area contributed by atoms with Crippen LogP contribution < -0.4 is 10.1 Å². The van der Waals surface area contributed by atoms with Gasteiger partial charge in [-0.05, 0) is 41.5 Å². The second kappa shape index (κ2) is 9.24. The monoisotopic (exact) mass is 447 g/mol. The van der Waals surface area contributed by atoms with Crippen LogP contribution in [0.3, 0.4) is 0 Å². The molecule has 1 heterocycles. The van der Waals surface area contributed by atoms with Gasteiger partial charge in [-0.25, -0.2) is 4.68 Å². The van der Waals surface area contributed by atoms with Gasteiger partial charge in [0.2, 0.25) is 0 Å². The van der Waals surface area contributed by atoms with E-state index in [0.29, 0.717) is 6.42 Å². The van der Waals surface area contributed by atoms with E-state index in [-0.39, 0.29) is 0 Å². The second-order valence-electron chi connectivity index (χ2n) is 8.20. The molecule has 5 rings (SSSR count). The molecule has 5 heteroatoms. The minimum atomic E-state index is -0.417. The maximum Gasteiger partial charge on any atom is 0.160 e. The molecule has 0 bridgehead atoms. The Morgan fingerprint density at radius 1 is 0.971 bits per heavy atom. The number of hydrogen-bond acceptors (Lipinski definition) is 4. The minimum Gasteiger partial charge on any atom is -0.497 e.